The van der Waals surface area contributed by atoms with Gasteiger partial charge in [-0.2, -0.15) is 0 Å². The number of allylic oxidation sites excluding steroid dienone is 2. The monoisotopic (exact) mass is 162 g/mol. The molecule has 0 fully saturated rings. The zero-order chi connectivity index (χ0) is 8.72. The van der Waals surface area contributed by atoms with Gasteiger partial charge in [0, 0.05) is 18.7 Å². The van der Waals surface area contributed by atoms with Crippen LogP contribution in [0.4, 0.5) is 5.69 Å². The quantitative estimate of drug-likeness (QED) is 0.623. The normalized spacial score (nSPS) is 15.8. The summed E-state index contributed by atoms with van der Waals surface area (Å²) in [7, 11) is 0. The number of nitrogens with zero attached hydrogens (tertiary/aromatic N) is 1. The van der Waals surface area contributed by atoms with Gasteiger partial charge in [0.1, 0.15) is 0 Å². The second kappa shape index (κ2) is 2.24. The van der Waals surface area contributed by atoms with Crippen LogP contribution in [0.3, 0.4) is 0 Å². The first kappa shape index (κ1) is 7.16. The number of carbonyl (C=O) groups is 1. The molecule has 0 amide bonds. The zero-order valence-electron chi connectivity index (χ0n) is 6.87. The van der Waals surface area contributed by atoms with Gasteiger partial charge in [-0.1, -0.05) is 5.57 Å². The Morgan fingerprint density at radius 1 is 1.58 bits per heavy atom. The van der Waals surface area contributed by atoms with Gasteiger partial charge < -0.3 is 5.73 Å². The number of nitrogen functional groups attached to an aromatic ring is 1. The summed E-state index contributed by atoms with van der Waals surface area (Å²) in [6.07, 6.45) is 4.15. The standard InChI is InChI=1S/C9H10N2O/c1-6-4-8-7(10)2-3-11(8)9(12)5-6/h2-3,5H,4,10H2,1H3. The lowest BCUT2D eigenvalue weighted by molar-refractivity contribution is 0.0962. The molecule has 0 atom stereocenters. The SMILES string of the molecule is CC1=CC(=O)n2ccc(N)c2C1. The number of aromatic nitrogens is 1. The molecule has 2 rings (SSSR count). The molecule has 0 saturated heterocycles. The Bertz CT molecular complexity index is 374. The maximum atomic E-state index is 11.3. The Balaban J connectivity index is 2.58. The number of nitrogens with two attached hydrogens (primary N) is 1. The maximum absolute atomic E-state index is 11.3. The summed E-state index contributed by atoms with van der Waals surface area (Å²) in [5, 5.41) is 0. The van der Waals surface area contributed by atoms with Gasteiger partial charge >= 0.3 is 0 Å². The molecule has 12 heavy (non-hydrogen) atoms. The lowest BCUT2D eigenvalue weighted by Crippen LogP contribution is -2.16. The number of carbonyl (C=O) groups excluding carboxylic acids is 1. The molecule has 0 aliphatic carbocycles. The third-order valence-corrected chi connectivity index (χ3v) is 2.08. The average molecular weight is 162 g/mol. The average Bonchev–Trinajstić information content (AvgIpc) is 2.33. The van der Waals surface area contributed by atoms with E-state index in [1.54, 1.807) is 22.9 Å². The number of hydrogen-bond donors (Lipinski definition) is 1. The Hall–Kier alpha value is -1.51. The van der Waals surface area contributed by atoms with Crippen molar-refractivity contribution in [2.75, 3.05) is 5.73 Å². The van der Waals surface area contributed by atoms with Crippen molar-refractivity contribution in [2.45, 2.75) is 13.3 Å². The van der Waals surface area contributed by atoms with Gasteiger partial charge in [-0.3, -0.25) is 9.36 Å². The summed E-state index contributed by atoms with van der Waals surface area (Å²) >= 11 is 0. The van der Waals surface area contributed by atoms with E-state index >= 15 is 0 Å². The van der Waals surface area contributed by atoms with Crippen LogP contribution >= 0.6 is 0 Å². The molecule has 3 nitrogen and oxygen atoms in total. The molecule has 0 radical (unpaired) electrons. The van der Waals surface area contributed by atoms with Gasteiger partial charge in [-0.25, -0.2) is 0 Å². The first-order valence-corrected chi connectivity index (χ1v) is 3.85. The molecule has 1 aromatic heterocycles. The predicted octanol–water partition coefficient (Wildman–Crippen LogP) is 1.21. The molecule has 2 heterocycles. The molecule has 0 unspecified atom stereocenters. The molecular formula is C9H10N2O. The summed E-state index contributed by atoms with van der Waals surface area (Å²) in [5.74, 6) is 0.00505. The van der Waals surface area contributed by atoms with E-state index in [-0.39, 0.29) is 5.91 Å². The van der Waals surface area contributed by atoms with Gasteiger partial charge in [0.25, 0.3) is 5.91 Å². The number of anilines is 1. The van der Waals surface area contributed by atoms with Crippen LogP contribution in [-0.2, 0) is 6.42 Å². The summed E-state index contributed by atoms with van der Waals surface area (Å²) in [6, 6.07) is 1.76. The van der Waals surface area contributed by atoms with E-state index in [0.29, 0.717) is 5.69 Å². The van der Waals surface area contributed by atoms with Crippen LogP contribution < -0.4 is 5.73 Å². The Kier molecular flexibility index (Phi) is 1.33. The van der Waals surface area contributed by atoms with Crippen LogP contribution in [0.25, 0.3) is 0 Å². The molecule has 0 aromatic carbocycles. The Morgan fingerprint density at radius 3 is 3.08 bits per heavy atom. The summed E-state index contributed by atoms with van der Waals surface area (Å²) < 4.78 is 1.60. The minimum atomic E-state index is 0.00505. The molecule has 1 aliphatic rings. The lowest BCUT2D eigenvalue weighted by atomic mass is 10.1. The van der Waals surface area contributed by atoms with Gasteiger partial charge in [0.15, 0.2) is 0 Å². The van der Waals surface area contributed by atoms with Crippen molar-refractivity contribution >= 4 is 11.6 Å². The van der Waals surface area contributed by atoms with E-state index < -0.39 is 0 Å². The van der Waals surface area contributed by atoms with Gasteiger partial charge in [0.2, 0.25) is 0 Å². The second-order valence-electron chi connectivity index (χ2n) is 3.09. The third kappa shape index (κ3) is 0.863. The van der Waals surface area contributed by atoms with Crippen LogP contribution in [0.15, 0.2) is 23.9 Å². The molecule has 3 heteroatoms. The Labute approximate surface area is 70.5 Å². The van der Waals surface area contributed by atoms with Crippen molar-refractivity contribution in [1.29, 1.82) is 0 Å². The Morgan fingerprint density at radius 2 is 2.33 bits per heavy atom. The summed E-state index contributed by atoms with van der Waals surface area (Å²) in [5.41, 5.74) is 8.37. The van der Waals surface area contributed by atoms with Gasteiger partial charge in [0.05, 0.1) is 11.4 Å². The van der Waals surface area contributed by atoms with E-state index in [9.17, 15) is 4.79 Å². The van der Waals surface area contributed by atoms with E-state index in [4.69, 9.17) is 5.73 Å². The molecular weight excluding hydrogens is 152 g/mol. The van der Waals surface area contributed by atoms with E-state index in [1.165, 1.54) is 0 Å². The molecule has 1 aromatic rings. The summed E-state index contributed by atoms with van der Waals surface area (Å²) in [4.78, 5) is 11.3. The minimum Gasteiger partial charge on any atom is -0.397 e. The largest absolute Gasteiger partial charge is 0.397 e. The number of hydrogen-bond acceptors (Lipinski definition) is 2. The van der Waals surface area contributed by atoms with Crippen molar-refractivity contribution in [1.82, 2.24) is 4.57 Å². The highest BCUT2D eigenvalue weighted by Crippen LogP contribution is 2.21. The first-order valence-electron chi connectivity index (χ1n) is 3.85. The third-order valence-electron chi connectivity index (χ3n) is 2.08. The molecule has 1 aliphatic heterocycles. The smallest absolute Gasteiger partial charge is 0.254 e. The van der Waals surface area contributed by atoms with Crippen LogP contribution in [0, 0.1) is 0 Å². The molecule has 0 saturated carbocycles. The van der Waals surface area contributed by atoms with Gasteiger partial charge in [-0.05, 0) is 13.0 Å². The van der Waals surface area contributed by atoms with Crippen molar-refractivity contribution in [3.8, 4) is 0 Å². The highest BCUT2D eigenvalue weighted by molar-refractivity contribution is 5.93. The fourth-order valence-corrected chi connectivity index (χ4v) is 1.47. The van der Waals surface area contributed by atoms with Crippen molar-refractivity contribution < 1.29 is 4.79 Å². The number of fused-ring (bicyclic) bond motifs is 1. The minimum absolute atomic E-state index is 0.00505. The van der Waals surface area contributed by atoms with Crippen LogP contribution in [0.1, 0.15) is 17.4 Å². The first-order chi connectivity index (χ1) is 5.68. The molecule has 2 N–H and O–H groups in total. The summed E-state index contributed by atoms with van der Waals surface area (Å²) in [6.45, 7) is 1.94. The highest BCUT2D eigenvalue weighted by atomic mass is 16.1. The van der Waals surface area contributed by atoms with E-state index in [0.717, 1.165) is 17.7 Å². The van der Waals surface area contributed by atoms with Crippen LogP contribution in [0.2, 0.25) is 0 Å². The second-order valence-corrected chi connectivity index (χ2v) is 3.09. The van der Waals surface area contributed by atoms with E-state index in [1.807, 2.05) is 6.92 Å². The van der Waals surface area contributed by atoms with Crippen LogP contribution in [-0.4, -0.2) is 10.5 Å². The number of rotatable bonds is 0. The van der Waals surface area contributed by atoms with Gasteiger partial charge in [-0.15, -0.1) is 0 Å². The zero-order valence-corrected chi connectivity index (χ0v) is 6.87. The highest BCUT2D eigenvalue weighted by Gasteiger charge is 2.16. The fourth-order valence-electron chi connectivity index (χ4n) is 1.47. The molecule has 0 spiro atoms. The molecule has 0 bridgehead atoms. The van der Waals surface area contributed by atoms with Crippen LogP contribution in [0.5, 0.6) is 0 Å². The topological polar surface area (TPSA) is 48.0 Å². The van der Waals surface area contributed by atoms with E-state index in [2.05, 4.69) is 0 Å². The van der Waals surface area contributed by atoms with Crippen molar-refractivity contribution in [3.63, 3.8) is 0 Å². The van der Waals surface area contributed by atoms with Crippen molar-refractivity contribution in [2.24, 2.45) is 0 Å². The molecule has 62 valence electrons. The lowest BCUT2D eigenvalue weighted by Gasteiger charge is -2.12. The van der Waals surface area contributed by atoms with Crippen molar-refractivity contribution in [3.05, 3.63) is 29.6 Å². The fraction of sp³-hybridized carbons (Fsp3) is 0.222. The maximum Gasteiger partial charge on any atom is 0.254 e. The predicted molar refractivity (Wildman–Crippen MR) is 46.9 cm³/mol.